The predicted octanol–water partition coefficient (Wildman–Crippen LogP) is 8.40. The van der Waals surface area contributed by atoms with E-state index in [9.17, 15) is 9.90 Å². The van der Waals surface area contributed by atoms with Crippen LogP contribution in [-0.4, -0.2) is 29.0 Å². The average Bonchev–Trinajstić information content (AvgIpc) is 2.74. The summed E-state index contributed by atoms with van der Waals surface area (Å²) in [5, 5.41) is 11.4. The van der Waals surface area contributed by atoms with E-state index in [0.717, 1.165) is 55.5 Å². The Bertz CT molecular complexity index is 746. The number of benzene rings is 1. The van der Waals surface area contributed by atoms with Crippen LogP contribution in [0.5, 0.6) is 5.75 Å². The summed E-state index contributed by atoms with van der Waals surface area (Å²) < 4.78 is 0. The lowest BCUT2D eigenvalue weighted by Gasteiger charge is -2.40. The number of phenolic OH excluding ortho intramolecular Hbond substituents is 1. The maximum Gasteiger partial charge on any atom is 0.233 e. The van der Waals surface area contributed by atoms with Crippen LogP contribution in [0.3, 0.4) is 0 Å². The quantitative estimate of drug-likeness (QED) is 0.479. The van der Waals surface area contributed by atoms with Gasteiger partial charge in [-0.3, -0.25) is 4.79 Å². The summed E-state index contributed by atoms with van der Waals surface area (Å²) in [6.45, 7) is 18.7. The van der Waals surface area contributed by atoms with Gasteiger partial charge in [-0.1, -0.05) is 111 Å². The largest absolute Gasteiger partial charge is 0.507 e. The van der Waals surface area contributed by atoms with E-state index in [1.165, 1.54) is 44.9 Å². The van der Waals surface area contributed by atoms with Crippen molar-refractivity contribution < 1.29 is 9.90 Å². The average molecular weight is 472 g/mol. The Morgan fingerprint density at radius 2 is 1.12 bits per heavy atom. The monoisotopic (exact) mass is 471 g/mol. The molecular weight excluding hydrogens is 418 g/mol. The number of phenols is 1. The molecule has 0 spiro atoms. The third-order valence-corrected chi connectivity index (χ3v) is 7.95. The van der Waals surface area contributed by atoms with Crippen LogP contribution in [0.2, 0.25) is 0 Å². The molecule has 0 bridgehead atoms. The van der Waals surface area contributed by atoms with Gasteiger partial charge < -0.3 is 10.0 Å². The Morgan fingerprint density at radius 1 is 0.765 bits per heavy atom. The first-order chi connectivity index (χ1) is 15.9. The minimum atomic E-state index is -0.515. The van der Waals surface area contributed by atoms with E-state index in [-0.39, 0.29) is 10.8 Å². The van der Waals surface area contributed by atoms with Crippen molar-refractivity contribution in [2.45, 2.75) is 142 Å². The lowest BCUT2D eigenvalue weighted by molar-refractivity contribution is -0.138. The van der Waals surface area contributed by atoms with Crippen molar-refractivity contribution in [3.8, 4) is 5.75 Å². The van der Waals surface area contributed by atoms with Crippen LogP contribution < -0.4 is 0 Å². The van der Waals surface area contributed by atoms with E-state index in [0.29, 0.717) is 11.7 Å². The molecule has 0 unspecified atom stereocenters. The molecule has 1 fully saturated rings. The second kappa shape index (κ2) is 12.0. The molecule has 1 amide bonds. The summed E-state index contributed by atoms with van der Waals surface area (Å²) in [4.78, 5) is 16.4. The highest BCUT2D eigenvalue weighted by Gasteiger charge is 2.43. The van der Waals surface area contributed by atoms with E-state index in [1.54, 1.807) is 0 Å². The molecule has 3 nitrogen and oxygen atoms in total. The standard InChI is InChI=1S/C31H53NO2/c1-9-32(10-2)28(34)31(20-18-16-14-12-11-13-15-17-19-21-31)24-22-25(29(3,4)5)27(33)26(23-24)30(6,7)8/h22-23,33H,9-21H2,1-8H3. The molecule has 1 aromatic carbocycles. The number of rotatable bonds is 4. The Morgan fingerprint density at radius 3 is 1.44 bits per heavy atom. The van der Waals surface area contributed by atoms with Crippen molar-refractivity contribution >= 4 is 5.91 Å². The highest BCUT2D eigenvalue weighted by Crippen LogP contribution is 2.46. The van der Waals surface area contributed by atoms with E-state index < -0.39 is 5.41 Å². The van der Waals surface area contributed by atoms with Crippen LogP contribution in [0, 0.1) is 0 Å². The number of hydrogen-bond donors (Lipinski definition) is 1. The highest BCUT2D eigenvalue weighted by molar-refractivity contribution is 5.88. The lowest BCUT2D eigenvalue weighted by atomic mass is 9.67. The lowest BCUT2D eigenvalue weighted by Crippen LogP contribution is -2.47. The Labute approximate surface area is 210 Å². The minimum absolute atomic E-state index is 0.203. The fourth-order valence-electron chi connectivity index (χ4n) is 5.71. The number of carbonyl (C=O) groups excluding carboxylic acids is 1. The van der Waals surface area contributed by atoms with E-state index in [2.05, 4.69) is 67.5 Å². The van der Waals surface area contributed by atoms with E-state index in [1.807, 2.05) is 4.90 Å². The third kappa shape index (κ3) is 6.79. The van der Waals surface area contributed by atoms with Crippen LogP contribution in [0.1, 0.15) is 143 Å². The van der Waals surface area contributed by atoms with Gasteiger partial charge in [0.05, 0.1) is 5.41 Å². The molecule has 1 aromatic rings. The zero-order valence-electron chi connectivity index (χ0n) is 23.6. The Balaban J connectivity index is 2.77. The summed E-state index contributed by atoms with van der Waals surface area (Å²) in [5.74, 6) is 0.697. The molecule has 0 heterocycles. The molecule has 1 aliphatic carbocycles. The molecule has 3 heteroatoms. The van der Waals surface area contributed by atoms with E-state index in [4.69, 9.17) is 0 Å². The Kier molecular flexibility index (Phi) is 10.1. The topological polar surface area (TPSA) is 40.5 Å². The third-order valence-electron chi connectivity index (χ3n) is 7.95. The van der Waals surface area contributed by atoms with E-state index >= 15 is 0 Å². The molecule has 1 saturated carbocycles. The van der Waals surface area contributed by atoms with Gasteiger partial charge in [-0.15, -0.1) is 0 Å². The predicted molar refractivity (Wildman–Crippen MR) is 146 cm³/mol. The Hall–Kier alpha value is -1.51. The first-order valence-corrected chi connectivity index (χ1v) is 14.1. The van der Waals surface area contributed by atoms with Gasteiger partial charge in [0.1, 0.15) is 5.75 Å². The van der Waals surface area contributed by atoms with Gasteiger partial charge in [0.2, 0.25) is 5.91 Å². The number of likely N-dealkylation sites (N-methyl/N-ethyl adjacent to an activating group) is 1. The summed E-state index contributed by atoms with van der Waals surface area (Å²) in [6, 6.07) is 4.38. The molecule has 0 aromatic heterocycles. The maximum absolute atomic E-state index is 14.4. The number of carbonyl (C=O) groups is 1. The van der Waals surface area contributed by atoms with Gasteiger partial charge in [-0.25, -0.2) is 0 Å². The van der Waals surface area contributed by atoms with Crippen molar-refractivity contribution in [2.75, 3.05) is 13.1 Å². The maximum atomic E-state index is 14.4. The second-order valence-electron chi connectivity index (χ2n) is 12.7. The first-order valence-electron chi connectivity index (χ1n) is 14.1. The molecule has 2 rings (SSSR count). The zero-order chi connectivity index (χ0) is 25.6. The van der Waals surface area contributed by atoms with Crippen LogP contribution in [0.25, 0.3) is 0 Å². The fourth-order valence-corrected chi connectivity index (χ4v) is 5.71. The molecule has 1 aliphatic rings. The number of hydrogen-bond acceptors (Lipinski definition) is 2. The van der Waals surface area contributed by atoms with Crippen LogP contribution in [0.15, 0.2) is 12.1 Å². The first kappa shape index (κ1) is 28.7. The zero-order valence-corrected chi connectivity index (χ0v) is 23.6. The van der Waals surface area contributed by atoms with Crippen molar-refractivity contribution in [2.24, 2.45) is 0 Å². The molecular formula is C31H53NO2. The summed E-state index contributed by atoms with van der Waals surface area (Å²) in [7, 11) is 0. The second-order valence-corrected chi connectivity index (χ2v) is 12.7. The number of amides is 1. The smallest absolute Gasteiger partial charge is 0.233 e. The van der Waals surface area contributed by atoms with Gasteiger partial charge in [-0.05, 0) is 54.2 Å². The van der Waals surface area contributed by atoms with Crippen molar-refractivity contribution in [3.63, 3.8) is 0 Å². The normalized spacial score (nSPS) is 18.6. The summed E-state index contributed by atoms with van der Waals surface area (Å²) in [6.07, 6.45) is 12.9. The highest BCUT2D eigenvalue weighted by atomic mass is 16.3. The number of nitrogens with zero attached hydrogens (tertiary/aromatic N) is 1. The molecule has 0 atom stereocenters. The van der Waals surface area contributed by atoms with Crippen molar-refractivity contribution in [3.05, 3.63) is 28.8 Å². The molecule has 194 valence electrons. The van der Waals surface area contributed by atoms with Crippen molar-refractivity contribution in [1.29, 1.82) is 0 Å². The fraction of sp³-hybridized carbons (Fsp3) is 0.774. The van der Waals surface area contributed by atoms with Crippen LogP contribution in [0.4, 0.5) is 0 Å². The summed E-state index contributed by atoms with van der Waals surface area (Å²) in [5.41, 5.74) is 2.14. The summed E-state index contributed by atoms with van der Waals surface area (Å²) >= 11 is 0. The van der Waals surface area contributed by atoms with Gasteiger partial charge in [0.25, 0.3) is 0 Å². The van der Waals surface area contributed by atoms with Crippen molar-refractivity contribution in [1.82, 2.24) is 4.90 Å². The molecule has 0 saturated heterocycles. The van der Waals surface area contributed by atoms with Gasteiger partial charge in [0, 0.05) is 13.1 Å². The number of aromatic hydroxyl groups is 1. The van der Waals surface area contributed by atoms with Crippen LogP contribution >= 0.6 is 0 Å². The molecule has 0 aliphatic heterocycles. The molecule has 0 radical (unpaired) electrons. The molecule has 1 N–H and O–H groups in total. The van der Waals surface area contributed by atoms with Gasteiger partial charge in [0.15, 0.2) is 0 Å². The SMILES string of the molecule is CCN(CC)C(=O)C1(c2cc(C(C)(C)C)c(O)c(C(C)(C)C)c2)CCCCCCCCCCC1. The van der Waals surface area contributed by atoms with Gasteiger partial charge in [-0.2, -0.15) is 0 Å². The van der Waals surface area contributed by atoms with Crippen LogP contribution in [-0.2, 0) is 21.0 Å². The molecule has 34 heavy (non-hydrogen) atoms. The minimum Gasteiger partial charge on any atom is -0.507 e. The van der Waals surface area contributed by atoms with Gasteiger partial charge >= 0.3 is 0 Å².